The summed E-state index contributed by atoms with van der Waals surface area (Å²) in [6, 6.07) is 0. The van der Waals surface area contributed by atoms with Crippen LogP contribution in [0, 0.1) is 6.29 Å². The summed E-state index contributed by atoms with van der Waals surface area (Å²) in [6.45, 7) is 4.85. The lowest BCUT2D eigenvalue weighted by Gasteiger charge is -1.90. The van der Waals surface area contributed by atoms with Crippen LogP contribution >= 0.6 is 0 Å². The van der Waals surface area contributed by atoms with Gasteiger partial charge < -0.3 is 9.47 Å². The third-order valence-corrected chi connectivity index (χ3v) is 1.02. The molecule has 0 spiro atoms. The van der Waals surface area contributed by atoms with Crippen molar-refractivity contribution < 1.29 is 9.47 Å². The van der Waals surface area contributed by atoms with Crippen LogP contribution in [0.3, 0.4) is 0 Å². The van der Waals surface area contributed by atoms with Gasteiger partial charge in [-0.3, -0.25) is 0 Å². The van der Waals surface area contributed by atoms with Gasteiger partial charge >= 0.3 is 0 Å². The predicted molar refractivity (Wildman–Crippen MR) is 30.0 cm³/mol. The molecule has 2 nitrogen and oxygen atoms in total. The lowest BCUT2D eigenvalue weighted by atomic mass is 10.5. The van der Waals surface area contributed by atoms with E-state index in [1.807, 2.05) is 6.92 Å². The van der Waals surface area contributed by atoms with E-state index in [1.54, 1.807) is 0 Å². The largest absolute Gasteiger partial charge is 0.343 e. The molecule has 8 heavy (non-hydrogen) atoms. The molecular formula is C6H11O2. The van der Waals surface area contributed by atoms with Crippen LogP contribution in [0.2, 0.25) is 0 Å². The molecule has 0 aromatic carbocycles. The quantitative estimate of drug-likeness (QED) is 0.517. The van der Waals surface area contributed by atoms with Crippen molar-refractivity contribution in [2.75, 3.05) is 6.61 Å². The summed E-state index contributed by atoms with van der Waals surface area (Å²) < 4.78 is 10.0. The first-order valence-electron chi connectivity index (χ1n) is 3.01. The SMILES string of the molecule is CCCO[C]1OC1C. The highest BCUT2D eigenvalue weighted by Crippen LogP contribution is 2.30. The van der Waals surface area contributed by atoms with Gasteiger partial charge in [0.25, 0.3) is 6.29 Å². The molecule has 0 aromatic heterocycles. The predicted octanol–water partition coefficient (Wildman–Crippen LogP) is 1.32. The van der Waals surface area contributed by atoms with E-state index in [0.29, 0.717) is 0 Å². The van der Waals surface area contributed by atoms with Crippen LogP contribution < -0.4 is 0 Å². The van der Waals surface area contributed by atoms with Crippen molar-refractivity contribution in [3.8, 4) is 0 Å². The summed E-state index contributed by atoms with van der Waals surface area (Å²) in [5, 5.41) is 0. The molecule has 0 saturated carbocycles. The molecule has 1 saturated heterocycles. The zero-order valence-corrected chi connectivity index (χ0v) is 5.31. The van der Waals surface area contributed by atoms with E-state index >= 15 is 0 Å². The van der Waals surface area contributed by atoms with Crippen LogP contribution in [0.15, 0.2) is 0 Å². The summed E-state index contributed by atoms with van der Waals surface area (Å²) in [4.78, 5) is 0. The third-order valence-electron chi connectivity index (χ3n) is 1.02. The number of hydrogen-bond acceptors (Lipinski definition) is 2. The first kappa shape index (κ1) is 6.05. The molecular weight excluding hydrogens is 104 g/mol. The molecule has 0 aromatic rings. The van der Waals surface area contributed by atoms with Crippen LogP contribution in [0.5, 0.6) is 0 Å². The molecule has 0 amide bonds. The van der Waals surface area contributed by atoms with Crippen LogP contribution in [0.25, 0.3) is 0 Å². The summed E-state index contributed by atoms with van der Waals surface area (Å²) in [5.74, 6) is 0. The average molecular weight is 115 g/mol. The molecule has 0 bridgehead atoms. The second-order valence-electron chi connectivity index (χ2n) is 1.93. The van der Waals surface area contributed by atoms with Gasteiger partial charge in [-0.05, 0) is 13.3 Å². The summed E-state index contributed by atoms with van der Waals surface area (Å²) in [7, 11) is 0. The van der Waals surface area contributed by atoms with Gasteiger partial charge in [-0.15, -0.1) is 0 Å². The first-order valence-corrected chi connectivity index (χ1v) is 3.01. The topological polar surface area (TPSA) is 21.8 Å². The molecule has 1 rings (SSSR count). The van der Waals surface area contributed by atoms with Crippen LogP contribution in [0.1, 0.15) is 20.3 Å². The number of rotatable bonds is 3. The minimum Gasteiger partial charge on any atom is -0.343 e. The Morgan fingerprint density at radius 1 is 1.75 bits per heavy atom. The number of ether oxygens (including phenoxy) is 2. The smallest absolute Gasteiger partial charge is 0.254 e. The maximum Gasteiger partial charge on any atom is 0.254 e. The minimum atomic E-state index is 0.265. The van der Waals surface area contributed by atoms with E-state index < -0.39 is 0 Å². The molecule has 1 aliphatic heterocycles. The monoisotopic (exact) mass is 115 g/mol. The summed E-state index contributed by atoms with van der Waals surface area (Å²) in [6.07, 6.45) is 2.13. The first-order chi connectivity index (χ1) is 3.84. The van der Waals surface area contributed by atoms with Crippen LogP contribution in [-0.4, -0.2) is 12.7 Å². The second-order valence-corrected chi connectivity index (χ2v) is 1.93. The van der Waals surface area contributed by atoms with Crippen molar-refractivity contribution in [1.29, 1.82) is 0 Å². The Morgan fingerprint density at radius 3 is 2.75 bits per heavy atom. The van der Waals surface area contributed by atoms with Gasteiger partial charge in [0, 0.05) is 0 Å². The van der Waals surface area contributed by atoms with E-state index in [-0.39, 0.29) is 6.10 Å². The third kappa shape index (κ3) is 1.46. The number of hydrogen-bond donors (Lipinski definition) is 0. The summed E-state index contributed by atoms with van der Waals surface area (Å²) >= 11 is 0. The highest BCUT2D eigenvalue weighted by molar-refractivity contribution is 4.90. The van der Waals surface area contributed by atoms with Crippen LogP contribution in [0.4, 0.5) is 0 Å². The molecule has 1 fully saturated rings. The van der Waals surface area contributed by atoms with E-state index in [0.717, 1.165) is 19.3 Å². The Kier molecular flexibility index (Phi) is 1.86. The van der Waals surface area contributed by atoms with Crippen molar-refractivity contribution in [2.24, 2.45) is 0 Å². The molecule has 1 radical (unpaired) electrons. The van der Waals surface area contributed by atoms with Gasteiger partial charge in [-0.2, -0.15) is 0 Å². The van der Waals surface area contributed by atoms with Crippen LogP contribution in [-0.2, 0) is 9.47 Å². The lowest BCUT2D eigenvalue weighted by Crippen LogP contribution is -1.90. The fourth-order valence-electron chi connectivity index (χ4n) is 0.494. The molecule has 1 unspecified atom stereocenters. The van der Waals surface area contributed by atoms with Crippen molar-refractivity contribution in [2.45, 2.75) is 26.4 Å². The van der Waals surface area contributed by atoms with Gasteiger partial charge in [-0.25, -0.2) is 0 Å². The van der Waals surface area contributed by atoms with E-state index in [1.165, 1.54) is 0 Å². The molecule has 2 heteroatoms. The highest BCUT2D eigenvalue weighted by Gasteiger charge is 2.37. The summed E-state index contributed by atoms with van der Waals surface area (Å²) in [5.41, 5.74) is 0. The fraction of sp³-hybridized carbons (Fsp3) is 0.833. The van der Waals surface area contributed by atoms with Gasteiger partial charge in [0.05, 0.1) is 6.61 Å². The Balaban J connectivity index is 1.89. The Morgan fingerprint density at radius 2 is 2.38 bits per heavy atom. The zero-order valence-electron chi connectivity index (χ0n) is 5.31. The Hall–Kier alpha value is -0.0800. The van der Waals surface area contributed by atoms with E-state index in [9.17, 15) is 0 Å². The highest BCUT2D eigenvalue weighted by atomic mass is 16.8. The van der Waals surface area contributed by atoms with Crippen molar-refractivity contribution in [1.82, 2.24) is 0 Å². The zero-order chi connectivity index (χ0) is 5.98. The maximum absolute atomic E-state index is 5.11. The average Bonchev–Trinajstić information content (AvgIpc) is 2.42. The van der Waals surface area contributed by atoms with Crippen molar-refractivity contribution in [3.05, 3.63) is 6.29 Å². The number of epoxide rings is 1. The fourth-order valence-corrected chi connectivity index (χ4v) is 0.494. The normalized spacial score (nSPS) is 28.5. The second kappa shape index (κ2) is 2.46. The molecule has 0 aliphatic carbocycles. The minimum absolute atomic E-state index is 0.265. The molecule has 47 valence electrons. The Bertz CT molecular complexity index is 72.9. The maximum atomic E-state index is 5.11. The van der Waals surface area contributed by atoms with E-state index in [4.69, 9.17) is 9.47 Å². The van der Waals surface area contributed by atoms with Gasteiger partial charge in [0.1, 0.15) is 6.10 Å². The van der Waals surface area contributed by atoms with E-state index in [2.05, 4.69) is 6.92 Å². The van der Waals surface area contributed by atoms with Gasteiger partial charge in [-0.1, -0.05) is 6.92 Å². The standard InChI is InChI=1S/C6H11O2/c1-3-4-7-6-5(2)8-6/h5H,3-4H2,1-2H3. The lowest BCUT2D eigenvalue weighted by molar-refractivity contribution is 0.129. The molecule has 0 N–H and O–H groups in total. The Labute approximate surface area is 49.8 Å². The van der Waals surface area contributed by atoms with Crippen molar-refractivity contribution in [3.63, 3.8) is 0 Å². The molecule has 1 atom stereocenters. The molecule has 1 heterocycles. The van der Waals surface area contributed by atoms with Crippen molar-refractivity contribution >= 4 is 0 Å². The van der Waals surface area contributed by atoms with Gasteiger partial charge in [0.2, 0.25) is 0 Å². The van der Waals surface area contributed by atoms with Gasteiger partial charge in [0.15, 0.2) is 0 Å². The molecule has 1 aliphatic rings.